The van der Waals surface area contributed by atoms with Crippen LogP contribution < -0.4 is 19.6 Å². The lowest BCUT2D eigenvalue weighted by molar-refractivity contribution is 0.304. The van der Waals surface area contributed by atoms with E-state index in [0.717, 1.165) is 31.4 Å². The normalized spacial score (nSPS) is 10.8. The van der Waals surface area contributed by atoms with Gasteiger partial charge in [-0.1, -0.05) is 52.3 Å². The zero-order valence-electron chi connectivity index (χ0n) is 16.7. The summed E-state index contributed by atoms with van der Waals surface area (Å²) in [7, 11) is 3.24. The van der Waals surface area contributed by atoms with Crippen molar-refractivity contribution in [1.29, 1.82) is 0 Å². The van der Waals surface area contributed by atoms with E-state index in [9.17, 15) is 0 Å². The Hall–Kier alpha value is -2.51. The Balaban J connectivity index is 1.68. The number of ether oxygens (including phenoxy) is 3. The maximum absolute atomic E-state index is 6.06. The van der Waals surface area contributed by atoms with Gasteiger partial charge in [0.25, 0.3) is 0 Å². The Morgan fingerprint density at radius 2 is 1.67 bits per heavy atom. The predicted molar refractivity (Wildman–Crippen MR) is 127 cm³/mol. The minimum atomic E-state index is 0.473. The fourth-order valence-corrected chi connectivity index (χ4v) is 4.17. The molecular weight excluding hydrogens is 512 g/mol. The average molecular weight is 534 g/mol. The smallest absolute Gasteiger partial charge is 0.161 e. The van der Waals surface area contributed by atoms with Gasteiger partial charge in [-0.2, -0.15) is 5.10 Å². The maximum atomic E-state index is 6.06. The van der Waals surface area contributed by atoms with Gasteiger partial charge in [-0.25, -0.2) is 0 Å². The summed E-state index contributed by atoms with van der Waals surface area (Å²) in [5.41, 5.74) is 6.05. The molecule has 0 fully saturated rings. The fraction of sp³-hybridized carbons (Fsp3) is 0.174. The van der Waals surface area contributed by atoms with E-state index >= 15 is 0 Å². The molecule has 0 heterocycles. The molecule has 156 valence electrons. The van der Waals surface area contributed by atoms with Crippen molar-refractivity contribution in [3.05, 3.63) is 86.3 Å². The Kier molecular flexibility index (Phi) is 8.16. The Morgan fingerprint density at radius 1 is 0.900 bits per heavy atom. The molecule has 30 heavy (non-hydrogen) atoms. The molecule has 3 aromatic carbocycles. The van der Waals surface area contributed by atoms with E-state index in [1.807, 2.05) is 60.7 Å². The van der Waals surface area contributed by atoms with Crippen molar-refractivity contribution in [2.45, 2.75) is 13.2 Å². The third kappa shape index (κ3) is 6.00. The zero-order chi connectivity index (χ0) is 21.3. The summed E-state index contributed by atoms with van der Waals surface area (Å²) in [5.74, 6) is 2.12. The monoisotopic (exact) mass is 532 g/mol. The summed E-state index contributed by atoms with van der Waals surface area (Å²) in [6.07, 6.45) is 1.75. The lowest BCUT2D eigenvalue weighted by Crippen LogP contribution is -2.07. The summed E-state index contributed by atoms with van der Waals surface area (Å²) < 4.78 is 18.5. The summed E-state index contributed by atoms with van der Waals surface area (Å²) >= 11 is 7.11. The largest absolute Gasteiger partial charge is 0.493 e. The Bertz CT molecular complexity index is 1010. The second kappa shape index (κ2) is 11.0. The first-order valence-electron chi connectivity index (χ1n) is 9.23. The number of nitrogens with one attached hydrogen (secondary N) is 1. The second-order valence-electron chi connectivity index (χ2n) is 6.36. The standard InChI is InChI=1S/C23H22Br2N2O3/c1-28-21-9-8-17(10-22(21)29-2)13-26-27-14-18-11-19(24)12-20(25)23(18)30-15-16-6-4-3-5-7-16/h3-12,14,26H,13,15H2,1-2H3/b27-14-. The highest BCUT2D eigenvalue weighted by molar-refractivity contribution is 9.11. The van der Waals surface area contributed by atoms with Crippen molar-refractivity contribution in [2.24, 2.45) is 5.10 Å². The van der Waals surface area contributed by atoms with Crippen LogP contribution in [0.1, 0.15) is 16.7 Å². The molecule has 0 atom stereocenters. The minimum absolute atomic E-state index is 0.473. The molecule has 7 heteroatoms. The Morgan fingerprint density at radius 3 is 2.40 bits per heavy atom. The molecule has 0 radical (unpaired) electrons. The van der Waals surface area contributed by atoms with Gasteiger partial charge in [-0.05, 0) is 51.3 Å². The van der Waals surface area contributed by atoms with Crippen molar-refractivity contribution >= 4 is 38.1 Å². The average Bonchev–Trinajstić information content (AvgIpc) is 2.76. The van der Waals surface area contributed by atoms with Crippen LogP contribution in [0.25, 0.3) is 0 Å². The molecule has 0 aliphatic carbocycles. The number of hydrazone groups is 1. The van der Waals surface area contributed by atoms with E-state index in [2.05, 4.69) is 42.4 Å². The molecule has 0 unspecified atom stereocenters. The van der Waals surface area contributed by atoms with E-state index in [4.69, 9.17) is 14.2 Å². The number of benzene rings is 3. The second-order valence-corrected chi connectivity index (χ2v) is 8.13. The van der Waals surface area contributed by atoms with Gasteiger partial charge in [0.2, 0.25) is 0 Å². The van der Waals surface area contributed by atoms with Gasteiger partial charge in [0, 0.05) is 10.0 Å². The maximum Gasteiger partial charge on any atom is 0.161 e. The van der Waals surface area contributed by atoms with Gasteiger partial charge in [0.05, 0.1) is 31.5 Å². The van der Waals surface area contributed by atoms with Crippen molar-refractivity contribution in [1.82, 2.24) is 5.43 Å². The third-order valence-electron chi connectivity index (χ3n) is 4.29. The molecule has 0 saturated carbocycles. The molecule has 3 rings (SSSR count). The van der Waals surface area contributed by atoms with Gasteiger partial charge in [-0.3, -0.25) is 0 Å². The van der Waals surface area contributed by atoms with Crippen LogP contribution in [-0.4, -0.2) is 20.4 Å². The molecule has 0 bridgehead atoms. The van der Waals surface area contributed by atoms with Crippen LogP contribution in [0.2, 0.25) is 0 Å². The molecule has 0 spiro atoms. The minimum Gasteiger partial charge on any atom is -0.493 e. The number of hydrogen-bond acceptors (Lipinski definition) is 5. The van der Waals surface area contributed by atoms with Crippen LogP contribution in [0, 0.1) is 0 Å². The summed E-state index contributed by atoms with van der Waals surface area (Å²) in [4.78, 5) is 0. The van der Waals surface area contributed by atoms with Gasteiger partial charge in [0.15, 0.2) is 11.5 Å². The molecule has 1 N–H and O–H groups in total. The number of nitrogens with zero attached hydrogens (tertiary/aromatic N) is 1. The van der Waals surface area contributed by atoms with Gasteiger partial charge >= 0.3 is 0 Å². The first-order valence-corrected chi connectivity index (χ1v) is 10.8. The van der Waals surface area contributed by atoms with Crippen LogP contribution in [0.3, 0.4) is 0 Å². The number of rotatable bonds is 9. The fourth-order valence-electron chi connectivity index (χ4n) is 2.80. The van der Waals surface area contributed by atoms with E-state index in [1.54, 1.807) is 20.4 Å². The van der Waals surface area contributed by atoms with Crippen molar-refractivity contribution in [3.63, 3.8) is 0 Å². The van der Waals surface area contributed by atoms with Gasteiger partial charge < -0.3 is 19.6 Å². The molecule has 0 aliphatic heterocycles. The summed E-state index contributed by atoms with van der Waals surface area (Å²) in [6.45, 7) is 1.02. The molecular formula is C23H22Br2N2O3. The first kappa shape index (κ1) is 22.2. The van der Waals surface area contributed by atoms with Gasteiger partial charge in [-0.15, -0.1) is 0 Å². The van der Waals surface area contributed by atoms with E-state index in [1.165, 1.54) is 0 Å². The molecule has 5 nitrogen and oxygen atoms in total. The number of hydrogen-bond donors (Lipinski definition) is 1. The van der Waals surface area contributed by atoms with Crippen LogP contribution in [0.4, 0.5) is 0 Å². The first-order chi connectivity index (χ1) is 14.6. The van der Waals surface area contributed by atoms with E-state index in [0.29, 0.717) is 24.7 Å². The molecule has 3 aromatic rings. The SMILES string of the molecule is COc1ccc(CN/N=C\c2cc(Br)cc(Br)c2OCc2ccccc2)cc1OC. The van der Waals surface area contributed by atoms with Gasteiger partial charge in [0.1, 0.15) is 12.4 Å². The predicted octanol–water partition coefficient (Wildman–Crippen LogP) is 5.93. The highest BCUT2D eigenvalue weighted by Gasteiger charge is 2.10. The lowest BCUT2D eigenvalue weighted by atomic mass is 10.2. The van der Waals surface area contributed by atoms with Crippen LogP contribution in [0.5, 0.6) is 17.2 Å². The van der Waals surface area contributed by atoms with E-state index in [-0.39, 0.29) is 0 Å². The van der Waals surface area contributed by atoms with Crippen molar-refractivity contribution in [3.8, 4) is 17.2 Å². The van der Waals surface area contributed by atoms with Crippen LogP contribution in [-0.2, 0) is 13.2 Å². The summed E-state index contributed by atoms with van der Waals surface area (Å²) in [6, 6.07) is 19.7. The van der Waals surface area contributed by atoms with Crippen molar-refractivity contribution in [2.75, 3.05) is 14.2 Å². The number of methoxy groups -OCH3 is 2. The van der Waals surface area contributed by atoms with Crippen LogP contribution >= 0.6 is 31.9 Å². The van der Waals surface area contributed by atoms with Crippen molar-refractivity contribution < 1.29 is 14.2 Å². The van der Waals surface area contributed by atoms with Crippen LogP contribution in [0.15, 0.2) is 74.7 Å². The third-order valence-corrected chi connectivity index (χ3v) is 5.34. The quantitative estimate of drug-likeness (QED) is 0.273. The highest BCUT2D eigenvalue weighted by Crippen LogP contribution is 2.33. The van der Waals surface area contributed by atoms with E-state index < -0.39 is 0 Å². The molecule has 0 saturated heterocycles. The molecule has 0 amide bonds. The molecule has 0 aromatic heterocycles. The number of halogens is 2. The lowest BCUT2D eigenvalue weighted by Gasteiger charge is -2.12. The molecule has 0 aliphatic rings. The Labute approximate surface area is 193 Å². The topological polar surface area (TPSA) is 52.1 Å². The summed E-state index contributed by atoms with van der Waals surface area (Å²) in [5, 5.41) is 4.36. The highest BCUT2D eigenvalue weighted by atomic mass is 79.9. The zero-order valence-corrected chi connectivity index (χ0v) is 19.9.